The fraction of sp³-hybridized carbons (Fsp3) is 0.667. The van der Waals surface area contributed by atoms with Crippen LogP contribution < -0.4 is 10.6 Å². The number of anilines is 2. The van der Waals surface area contributed by atoms with Gasteiger partial charge in [-0.05, 0) is 30.9 Å². The molecule has 0 saturated carbocycles. The maximum absolute atomic E-state index is 5.74. The molecule has 2 unspecified atom stereocenters. The van der Waals surface area contributed by atoms with Crippen LogP contribution in [0.2, 0.25) is 5.28 Å². The van der Waals surface area contributed by atoms with Crippen LogP contribution >= 0.6 is 11.6 Å². The van der Waals surface area contributed by atoms with Gasteiger partial charge in [-0.15, -0.1) is 0 Å². The summed E-state index contributed by atoms with van der Waals surface area (Å²) in [5.41, 5.74) is 5.53. The second-order valence-corrected chi connectivity index (χ2v) is 4.44. The van der Waals surface area contributed by atoms with E-state index in [-0.39, 0.29) is 11.2 Å². The number of nitrogens with two attached hydrogens (primary N) is 1. The molecule has 5 nitrogen and oxygen atoms in total. The summed E-state index contributed by atoms with van der Waals surface area (Å²) in [6, 6.07) is 0.429. The van der Waals surface area contributed by atoms with Gasteiger partial charge < -0.3 is 10.6 Å². The van der Waals surface area contributed by atoms with Crippen LogP contribution in [-0.4, -0.2) is 27.5 Å². The van der Waals surface area contributed by atoms with Crippen molar-refractivity contribution in [3.8, 4) is 0 Å². The van der Waals surface area contributed by atoms with E-state index in [0.29, 0.717) is 17.9 Å². The average Bonchev–Trinajstić information content (AvgIpc) is 2.43. The summed E-state index contributed by atoms with van der Waals surface area (Å²) in [5.74, 6) is 1.41. The summed E-state index contributed by atoms with van der Waals surface area (Å²) >= 11 is 5.74. The highest BCUT2D eigenvalue weighted by Gasteiger charge is 2.28. The van der Waals surface area contributed by atoms with Gasteiger partial charge in [0.15, 0.2) is 0 Å². The van der Waals surface area contributed by atoms with Crippen LogP contribution in [0.1, 0.15) is 20.3 Å². The van der Waals surface area contributed by atoms with E-state index in [1.807, 2.05) is 0 Å². The summed E-state index contributed by atoms with van der Waals surface area (Å²) in [5, 5.41) is 0.157. The summed E-state index contributed by atoms with van der Waals surface area (Å²) in [6.45, 7) is 5.31. The lowest BCUT2D eigenvalue weighted by Crippen LogP contribution is -2.29. The topological polar surface area (TPSA) is 67.9 Å². The lowest BCUT2D eigenvalue weighted by Gasteiger charge is -2.21. The van der Waals surface area contributed by atoms with Crippen LogP contribution in [0.15, 0.2) is 0 Å². The Morgan fingerprint density at radius 1 is 1.33 bits per heavy atom. The third kappa shape index (κ3) is 2.12. The molecular weight excluding hydrogens is 214 g/mol. The number of aromatic nitrogens is 3. The standard InChI is InChI=1S/C9H14ClN5/c1-5-3-6(2)15(4-5)9-13-7(10)12-8(11)14-9/h5-6H,3-4H2,1-2H3,(H2,11,12,13,14). The third-order valence-corrected chi connectivity index (χ3v) is 2.82. The first-order chi connectivity index (χ1) is 7.06. The van der Waals surface area contributed by atoms with E-state index in [4.69, 9.17) is 17.3 Å². The average molecular weight is 228 g/mol. The highest BCUT2D eigenvalue weighted by atomic mass is 35.5. The first-order valence-electron chi connectivity index (χ1n) is 5.00. The molecule has 1 aromatic rings. The molecule has 15 heavy (non-hydrogen) atoms. The zero-order valence-corrected chi connectivity index (χ0v) is 9.57. The van der Waals surface area contributed by atoms with Crippen LogP contribution in [0.25, 0.3) is 0 Å². The van der Waals surface area contributed by atoms with Gasteiger partial charge in [-0.1, -0.05) is 6.92 Å². The van der Waals surface area contributed by atoms with E-state index >= 15 is 0 Å². The van der Waals surface area contributed by atoms with Crippen LogP contribution in [-0.2, 0) is 0 Å². The molecule has 2 rings (SSSR count). The van der Waals surface area contributed by atoms with E-state index in [2.05, 4.69) is 33.7 Å². The van der Waals surface area contributed by atoms with E-state index in [0.717, 1.165) is 13.0 Å². The van der Waals surface area contributed by atoms with Crippen LogP contribution in [0.3, 0.4) is 0 Å². The van der Waals surface area contributed by atoms with Gasteiger partial charge >= 0.3 is 0 Å². The fourth-order valence-corrected chi connectivity index (χ4v) is 2.22. The molecule has 0 aliphatic carbocycles. The fourth-order valence-electron chi connectivity index (χ4n) is 2.06. The van der Waals surface area contributed by atoms with Crippen molar-refractivity contribution in [1.82, 2.24) is 15.0 Å². The molecule has 0 aromatic carbocycles. The summed E-state index contributed by atoms with van der Waals surface area (Å²) in [6.07, 6.45) is 1.14. The minimum absolute atomic E-state index is 0.157. The Balaban J connectivity index is 2.29. The minimum atomic E-state index is 0.157. The second kappa shape index (κ2) is 3.81. The first-order valence-corrected chi connectivity index (χ1v) is 5.37. The molecule has 2 N–H and O–H groups in total. The summed E-state index contributed by atoms with van der Waals surface area (Å²) in [4.78, 5) is 14.1. The van der Waals surface area contributed by atoms with Crippen molar-refractivity contribution < 1.29 is 0 Å². The van der Waals surface area contributed by atoms with E-state index in [9.17, 15) is 0 Å². The van der Waals surface area contributed by atoms with E-state index < -0.39 is 0 Å². The molecule has 0 bridgehead atoms. The lowest BCUT2D eigenvalue weighted by atomic mass is 10.1. The molecule has 1 aliphatic heterocycles. The Kier molecular flexibility index (Phi) is 2.65. The normalized spacial score (nSPS) is 25.9. The SMILES string of the molecule is CC1CC(C)N(c2nc(N)nc(Cl)n2)C1. The highest BCUT2D eigenvalue weighted by molar-refractivity contribution is 6.28. The van der Waals surface area contributed by atoms with Crippen molar-refractivity contribution >= 4 is 23.5 Å². The van der Waals surface area contributed by atoms with Gasteiger partial charge in [-0.2, -0.15) is 15.0 Å². The predicted molar refractivity (Wildman–Crippen MR) is 59.8 cm³/mol. The number of hydrogen-bond acceptors (Lipinski definition) is 5. The number of nitrogens with zero attached hydrogens (tertiary/aromatic N) is 4. The van der Waals surface area contributed by atoms with Gasteiger partial charge in [0.05, 0.1) is 0 Å². The Hall–Kier alpha value is -1.10. The molecule has 2 heterocycles. The van der Waals surface area contributed by atoms with Crippen LogP contribution in [0.5, 0.6) is 0 Å². The Morgan fingerprint density at radius 3 is 2.60 bits per heavy atom. The maximum atomic E-state index is 5.74. The lowest BCUT2D eigenvalue weighted by molar-refractivity contribution is 0.624. The molecule has 0 spiro atoms. The van der Waals surface area contributed by atoms with Crippen LogP contribution in [0.4, 0.5) is 11.9 Å². The van der Waals surface area contributed by atoms with Crippen molar-refractivity contribution in [2.75, 3.05) is 17.2 Å². The largest absolute Gasteiger partial charge is 0.368 e. The van der Waals surface area contributed by atoms with Gasteiger partial charge in [0, 0.05) is 12.6 Å². The molecular formula is C9H14ClN5. The van der Waals surface area contributed by atoms with Crippen molar-refractivity contribution in [1.29, 1.82) is 0 Å². The Labute approximate surface area is 93.7 Å². The van der Waals surface area contributed by atoms with Crippen molar-refractivity contribution in [3.05, 3.63) is 5.28 Å². The molecule has 0 radical (unpaired) electrons. The van der Waals surface area contributed by atoms with Gasteiger partial charge in [-0.25, -0.2) is 0 Å². The minimum Gasteiger partial charge on any atom is -0.368 e. The zero-order chi connectivity index (χ0) is 11.0. The summed E-state index contributed by atoms with van der Waals surface area (Å²) < 4.78 is 0. The van der Waals surface area contributed by atoms with Gasteiger partial charge in [0.1, 0.15) is 0 Å². The molecule has 1 aliphatic rings. The molecule has 2 atom stereocenters. The van der Waals surface area contributed by atoms with E-state index in [1.165, 1.54) is 0 Å². The van der Waals surface area contributed by atoms with Crippen molar-refractivity contribution in [2.45, 2.75) is 26.3 Å². The molecule has 82 valence electrons. The zero-order valence-electron chi connectivity index (χ0n) is 8.81. The first kappa shape index (κ1) is 10.4. The monoisotopic (exact) mass is 227 g/mol. The predicted octanol–water partition coefficient (Wildman–Crippen LogP) is 1.34. The second-order valence-electron chi connectivity index (χ2n) is 4.10. The number of rotatable bonds is 1. The smallest absolute Gasteiger partial charge is 0.231 e. The number of nitrogen functional groups attached to an aromatic ring is 1. The summed E-state index contributed by atoms with van der Waals surface area (Å²) in [7, 11) is 0. The maximum Gasteiger partial charge on any atom is 0.231 e. The number of hydrogen-bond donors (Lipinski definition) is 1. The quantitative estimate of drug-likeness (QED) is 0.784. The van der Waals surface area contributed by atoms with Gasteiger partial charge in [-0.3, -0.25) is 0 Å². The Bertz CT molecular complexity index is 349. The van der Waals surface area contributed by atoms with Gasteiger partial charge in [0.2, 0.25) is 17.2 Å². The molecule has 6 heteroatoms. The van der Waals surface area contributed by atoms with E-state index in [1.54, 1.807) is 0 Å². The molecule has 1 aromatic heterocycles. The number of halogens is 1. The molecule has 0 amide bonds. The third-order valence-electron chi connectivity index (χ3n) is 2.65. The Morgan fingerprint density at radius 2 is 2.07 bits per heavy atom. The molecule has 1 saturated heterocycles. The van der Waals surface area contributed by atoms with Crippen molar-refractivity contribution in [3.63, 3.8) is 0 Å². The van der Waals surface area contributed by atoms with Gasteiger partial charge in [0.25, 0.3) is 0 Å². The van der Waals surface area contributed by atoms with Crippen molar-refractivity contribution in [2.24, 2.45) is 5.92 Å². The highest BCUT2D eigenvalue weighted by Crippen LogP contribution is 2.26. The molecule has 1 fully saturated rings. The van der Waals surface area contributed by atoms with Crippen LogP contribution in [0, 0.1) is 5.92 Å².